The first-order valence-corrected chi connectivity index (χ1v) is 9.18. The van der Waals surface area contributed by atoms with Crippen LogP contribution < -0.4 is 9.64 Å². The van der Waals surface area contributed by atoms with E-state index in [1.165, 1.54) is 28.4 Å². The maximum atomic E-state index is 13.0. The second-order valence-electron chi connectivity index (χ2n) is 5.76. The van der Waals surface area contributed by atoms with Crippen molar-refractivity contribution in [3.8, 4) is 17.0 Å². The molecule has 1 amide bonds. The average Bonchev–Trinajstić information content (AvgIpc) is 3.21. The van der Waals surface area contributed by atoms with Gasteiger partial charge in [0.2, 0.25) is 0 Å². The monoisotopic (exact) mass is 395 g/mol. The zero-order valence-corrected chi connectivity index (χ0v) is 15.9. The summed E-state index contributed by atoms with van der Waals surface area (Å²) in [4.78, 5) is 29.4. The Labute approximate surface area is 165 Å². The second-order valence-corrected chi connectivity index (χ2v) is 6.59. The Morgan fingerprint density at radius 3 is 2.71 bits per heavy atom. The molecule has 1 aromatic heterocycles. The minimum atomic E-state index is -0.450. The number of non-ortho nitro benzene ring substituents is 1. The number of amides is 1. The third-order valence-electron chi connectivity index (χ3n) is 3.97. The Morgan fingerprint density at radius 1 is 1.32 bits per heavy atom. The van der Waals surface area contributed by atoms with Crippen molar-refractivity contribution in [2.24, 2.45) is 0 Å². The topological polar surface area (TPSA) is 85.6 Å². The number of hydrogen-bond donors (Lipinski definition) is 0. The predicted molar refractivity (Wildman–Crippen MR) is 109 cm³/mol. The van der Waals surface area contributed by atoms with Crippen molar-refractivity contribution in [1.29, 1.82) is 0 Å². The first-order valence-electron chi connectivity index (χ1n) is 8.30. The fraction of sp³-hybridized carbons (Fsp3) is 0.100. The summed E-state index contributed by atoms with van der Waals surface area (Å²) < 4.78 is 5.19. The number of nitrogens with zero attached hydrogens (tertiary/aromatic N) is 3. The fourth-order valence-corrected chi connectivity index (χ4v) is 3.41. The first-order chi connectivity index (χ1) is 13.5. The Morgan fingerprint density at radius 2 is 2.07 bits per heavy atom. The number of rotatable bonds is 7. The number of nitro benzene ring substituents is 1. The van der Waals surface area contributed by atoms with Crippen molar-refractivity contribution in [2.75, 3.05) is 18.6 Å². The molecule has 3 aromatic rings. The zero-order chi connectivity index (χ0) is 20.1. The van der Waals surface area contributed by atoms with Crippen LogP contribution >= 0.6 is 11.3 Å². The summed E-state index contributed by atoms with van der Waals surface area (Å²) in [6.07, 6.45) is 1.63. The predicted octanol–water partition coefficient (Wildman–Crippen LogP) is 4.56. The highest BCUT2D eigenvalue weighted by atomic mass is 32.1. The van der Waals surface area contributed by atoms with Crippen LogP contribution in [0.25, 0.3) is 11.3 Å². The molecule has 3 rings (SSSR count). The molecule has 0 saturated carbocycles. The van der Waals surface area contributed by atoms with E-state index >= 15 is 0 Å². The van der Waals surface area contributed by atoms with Gasteiger partial charge < -0.3 is 4.74 Å². The standard InChI is InChI=1S/C20H17N3O4S/c1-3-11-22(19(24)15-5-4-6-17(12-15)27-2)20-21-18(13-28-20)14-7-9-16(10-8-14)23(25)26/h3-10,12-13H,1,11H2,2H3. The van der Waals surface area contributed by atoms with Gasteiger partial charge in [0.15, 0.2) is 5.13 Å². The van der Waals surface area contributed by atoms with Crippen molar-refractivity contribution in [2.45, 2.75) is 0 Å². The third-order valence-corrected chi connectivity index (χ3v) is 4.83. The SMILES string of the molecule is C=CCN(C(=O)c1cccc(OC)c1)c1nc(-c2ccc([N+](=O)[O-])cc2)cs1. The van der Waals surface area contributed by atoms with Gasteiger partial charge in [-0.3, -0.25) is 19.8 Å². The maximum absolute atomic E-state index is 13.0. The van der Waals surface area contributed by atoms with Crippen molar-refractivity contribution in [3.05, 3.63) is 82.2 Å². The van der Waals surface area contributed by atoms with Gasteiger partial charge in [-0.15, -0.1) is 17.9 Å². The van der Waals surface area contributed by atoms with Gasteiger partial charge in [-0.05, 0) is 30.3 Å². The smallest absolute Gasteiger partial charge is 0.269 e. The second kappa shape index (κ2) is 8.45. The number of benzene rings is 2. The highest BCUT2D eigenvalue weighted by molar-refractivity contribution is 7.14. The molecule has 0 aliphatic carbocycles. The van der Waals surface area contributed by atoms with E-state index in [1.807, 2.05) is 5.38 Å². The lowest BCUT2D eigenvalue weighted by atomic mass is 10.1. The van der Waals surface area contributed by atoms with Crippen molar-refractivity contribution in [3.63, 3.8) is 0 Å². The van der Waals surface area contributed by atoms with Crippen molar-refractivity contribution in [1.82, 2.24) is 4.98 Å². The maximum Gasteiger partial charge on any atom is 0.269 e. The van der Waals surface area contributed by atoms with Gasteiger partial charge in [0.05, 0.1) is 17.7 Å². The Balaban J connectivity index is 1.89. The number of thiazole rings is 1. The molecule has 0 bridgehead atoms. The normalized spacial score (nSPS) is 10.3. The molecule has 142 valence electrons. The highest BCUT2D eigenvalue weighted by Gasteiger charge is 2.20. The van der Waals surface area contributed by atoms with Crippen molar-refractivity contribution < 1.29 is 14.5 Å². The molecule has 28 heavy (non-hydrogen) atoms. The van der Waals surface area contributed by atoms with Crippen LogP contribution in [-0.4, -0.2) is 29.5 Å². The minimum absolute atomic E-state index is 0.0145. The quantitative estimate of drug-likeness (QED) is 0.333. The average molecular weight is 395 g/mol. The van der Waals surface area contributed by atoms with Crippen LogP contribution in [0.4, 0.5) is 10.8 Å². The molecule has 0 unspecified atom stereocenters. The van der Waals surface area contributed by atoms with E-state index in [2.05, 4.69) is 11.6 Å². The van der Waals surface area contributed by atoms with Gasteiger partial charge >= 0.3 is 0 Å². The van der Waals surface area contributed by atoms with Crippen molar-refractivity contribution >= 4 is 28.1 Å². The number of methoxy groups -OCH3 is 1. The van der Waals surface area contributed by atoms with E-state index in [1.54, 1.807) is 49.6 Å². The summed E-state index contributed by atoms with van der Waals surface area (Å²) >= 11 is 1.32. The Kier molecular flexibility index (Phi) is 5.81. The summed E-state index contributed by atoms with van der Waals surface area (Å²) in [5.74, 6) is 0.374. The van der Waals surface area contributed by atoms with E-state index in [4.69, 9.17) is 4.74 Å². The van der Waals surface area contributed by atoms with Crippen LogP contribution in [0.5, 0.6) is 5.75 Å². The minimum Gasteiger partial charge on any atom is -0.497 e. The van der Waals surface area contributed by atoms with E-state index in [-0.39, 0.29) is 11.6 Å². The molecule has 0 aliphatic rings. The number of carbonyl (C=O) groups is 1. The molecule has 0 saturated heterocycles. The lowest BCUT2D eigenvalue weighted by Gasteiger charge is -2.18. The molecule has 8 heteroatoms. The molecule has 0 N–H and O–H groups in total. The lowest BCUT2D eigenvalue weighted by Crippen LogP contribution is -2.30. The molecule has 1 heterocycles. The highest BCUT2D eigenvalue weighted by Crippen LogP contribution is 2.29. The molecule has 0 aliphatic heterocycles. The van der Waals surface area contributed by atoms with E-state index in [9.17, 15) is 14.9 Å². The van der Waals surface area contributed by atoms with Gasteiger partial charge in [0.25, 0.3) is 11.6 Å². The molecule has 0 fully saturated rings. The van der Waals surface area contributed by atoms with Gasteiger partial charge in [-0.2, -0.15) is 0 Å². The summed E-state index contributed by atoms with van der Waals surface area (Å²) in [7, 11) is 1.54. The first kappa shape index (κ1) is 19.2. The Hall–Kier alpha value is -3.52. The molecule has 2 aromatic carbocycles. The molecule has 0 atom stereocenters. The molecule has 0 spiro atoms. The van der Waals surface area contributed by atoms with Crippen LogP contribution in [0.15, 0.2) is 66.6 Å². The number of hydrogen-bond acceptors (Lipinski definition) is 6. The third kappa shape index (κ3) is 4.07. The number of aromatic nitrogens is 1. The summed E-state index contributed by atoms with van der Waals surface area (Å²) in [5.41, 5.74) is 1.87. The largest absolute Gasteiger partial charge is 0.497 e. The molecular weight excluding hydrogens is 378 g/mol. The number of ether oxygens (including phenoxy) is 1. The van der Waals surface area contributed by atoms with Crippen LogP contribution in [0.3, 0.4) is 0 Å². The number of nitro groups is 1. The van der Waals surface area contributed by atoms with Gasteiger partial charge in [0.1, 0.15) is 5.75 Å². The summed E-state index contributed by atoms with van der Waals surface area (Å²) in [6.45, 7) is 4.02. The lowest BCUT2D eigenvalue weighted by molar-refractivity contribution is -0.384. The Bertz CT molecular complexity index is 1010. The van der Waals surface area contributed by atoms with Crippen LogP contribution in [0.2, 0.25) is 0 Å². The van der Waals surface area contributed by atoms with Gasteiger partial charge in [-0.1, -0.05) is 12.1 Å². The van der Waals surface area contributed by atoms with Crippen LogP contribution in [0, 0.1) is 10.1 Å². The number of carbonyl (C=O) groups excluding carboxylic acids is 1. The molecule has 7 nitrogen and oxygen atoms in total. The van der Waals surface area contributed by atoms with Crippen LogP contribution in [-0.2, 0) is 0 Å². The van der Waals surface area contributed by atoms with Gasteiger partial charge in [0, 0.05) is 35.2 Å². The summed E-state index contributed by atoms with van der Waals surface area (Å²) in [6, 6.07) is 13.0. The summed E-state index contributed by atoms with van der Waals surface area (Å²) in [5, 5.41) is 13.1. The van der Waals surface area contributed by atoms with Crippen LogP contribution in [0.1, 0.15) is 10.4 Å². The van der Waals surface area contributed by atoms with E-state index < -0.39 is 4.92 Å². The van der Waals surface area contributed by atoms with E-state index in [0.717, 1.165) is 5.56 Å². The molecular formula is C20H17N3O4S. The number of anilines is 1. The van der Waals surface area contributed by atoms with E-state index in [0.29, 0.717) is 28.7 Å². The molecule has 0 radical (unpaired) electrons. The zero-order valence-electron chi connectivity index (χ0n) is 15.1. The van der Waals surface area contributed by atoms with Gasteiger partial charge in [-0.25, -0.2) is 4.98 Å². The fourth-order valence-electron chi connectivity index (χ4n) is 2.56.